The molecule has 2 N–H and O–H groups in total. The lowest BCUT2D eigenvalue weighted by Crippen LogP contribution is -2.24. The maximum Gasteiger partial charge on any atom is 0.165 e. The average molecular weight is 289 g/mol. The standard InChI is InChI=1S/C16H23N3O2/c1-11(18-2)19(3)15-7-6-12(9-14(15)17)16(20)10-13-5-4-8-21-13/h6-7,9,13H,4-5,8,10,17H2,1-3H3. The number of hydrogen-bond donors (Lipinski definition) is 1. The summed E-state index contributed by atoms with van der Waals surface area (Å²) >= 11 is 0. The molecule has 5 heteroatoms. The van der Waals surface area contributed by atoms with Crippen LogP contribution >= 0.6 is 0 Å². The molecule has 0 spiro atoms. The topological polar surface area (TPSA) is 67.9 Å². The molecule has 0 aromatic heterocycles. The van der Waals surface area contributed by atoms with E-state index in [-0.39, 0.29) is 11.9 Å². The summed E-state index contributed by atoms with van der Waals surface area (Å²) in [5.41, 5.74) is 8.16. The van der Waals surface area contributed by atoms with Crippen molar-refractivity contribution >= 4 is 23.0 Å². The Morgan fingerprint density at radius 2 is 2.29 bits per heavy atom. The third-order valence-corrected chi connectivity index (χ3v) is 3.96. The maximum absolute atomic E-state index is 12.3. The van der Waals surface area contributed by atoms with Gasteiger partial charge in [0.15, 0.2) is 5.78 Å². The van der Waals surface area contributed by atoms with E-state index in [0.29, 0.717) is 17.7 Å². The van der Waals surface area contributed by atoms with Crippen LogP contribution in [0.25, 0.3) is 0 Å². The predicted octanol–water partition coefficient (Wildman–Crippen LogP) is 2.50. The fourth-order valence-corrected chi connectivity index (χ4v) is 2.49. The van der Waals surface area contributed by atoms with E-state index in [4.69, 9.17) is 10.5 Å². The Balaban J connectivity index is 2.12. The molecular weight excluding hydrogens is 266 g/mol. The molecule has 0 bridgehead atoms. The molecule has 1 saturated heterocycles. The van der Waals surface area contributed by atoms with Gasteiger partial charge in [-0.3, -0.25) is 9.79 Å². The van der Waals surface area contributed by atoms with Gasteiger partial charge in [-0.1, -0.05) is 0 Å². The molecular formula is C16H23N3O2. The van der Waals surface area contributed by atoms with Crippen molar-refractivity contribution in [2.24, 2.45) is 4.99 Å². The first-order chi connectivity index (χ1) is 10.0. The molecule has 2 rings (SSSR count). The second-order valence-electron chi connectivity index (χ2n) is 5.37. The quantitative estimate of drug-likeness (QED) is 0.400. The lowest BCUT2D eigenvalue weighted by Gasteiger charge is -2.21. The van der Waals surface area contributed by atoms with E-state index in [1.54, 1.807) is 13.1 Å². The van der Waals surface area contributed by atoms with Gasteiger partial charge in [0, 0.05) is 32.7 Å². The van der Waals surface area contributed by atoms with Gasteiger partial charge in [0.25, 0.3) is 0 Å². The number of anilines is 2. The van der Waals surface area contributed by atoms with Crippen molar-refractivity contribution in [3.63, 3.8) is 0 Å². The lowest BCUT2D eigenvalue weighted by atomic mass is 10.0. The van der Waals surface area contributed by atoms with Crippen molar-refractivity contribution in [2.75, 3.05) is 31.3 Å². The molecule has 0 radical (unpaired) electrons. The molecule has 0 amide bonds. The highest BCUT2D eigenvalue weighted by molar-refractivity contribution is 6.01. The molecule has 1 aliphatic rings. The summed E-state index contributed by atoms with van der Waals surface area (Å²) in [6.45, 7) is 2.68. The summed E-state index contributed by atoms with van der Waals surface area (Å²) in [7, 11) is 3.64. The van der Waals surface area contributed by atoms with Crippen LogP contribution in [0.4, 0.5) is 11.4 Å². The second-order valence-corrected chi connectivity index (χ2v) is 5.37. The first kappa shape index (κ1) is 15.5. The van der Waals surface area contributed by atoms with Crippen LogP contribution in [0.5, 0.6) is 0 Å². The van der Waals surface area contributed by atoms with Crippen LogP contribution in [0, 0.1) is 0 Å². The zero-order valence-electron chi connectivity index (χ0n) is 12.9. The maximum atomic E-state index is 12.3. The van der Waals surface area contributed by atoms with Gasteiger partial charge in [-0.15, -0.1) is 0 Å². The highest BCUT2D eigenvalue weighted by Gasteiger charge is 2.20. The van der Waals surface area contributed by atoms with E-state index < -0.39 is 0 Å². The van der Waals surface area contributed by atoms with Gasteiger partial charge in [-0.25, -0.2) is 0 Å². The molecule has 1 aromatic rings. The third-order valence-electron chi connectivity index (χ3n) is 3.96. The third kappa shape index (κ3) is 3.61. The van der Waals surface area contributed by atoms with Crippen LogP contribution in [0.15, 0.2) is 23.2 Å². The number of nitrogen functional groups attached to an aromatic ring is 1. The number of carbonyl (C=O) groups is 1. The number of ketones is 1. The van der Waals surface area contributed by atoms with E-state index in [9.17, 15) is 4.79 Å². The summed E-state index contributed by atoms with van der Waals surface area (Å²) < 4.78 is 5.51. The van der Waals surface area contributed by atoms with Crippen LogP contribution in [0.3, 0.4) is 0 Å². The monoisotopic (exact) mass is 289 g/mol. The van der Waals surface area contributed by atoms with Crippen LogP contribution in [-0.4, -0.2) is 38.4 Å². The molecule has 1 fully saturated rings. The molecule has 1 aromatic carbocycles. The Kier molecular flexibility index (Phi) is 4.96. The van der Waals surface area contributed by atoms with Gasteiger partial charge in [-0.2, -0.15) is 0 Å². The number of aliphatic imine (C=N–C) groups is 1. The first-order valence-corrected chi connectivity index (χ1v) is 7.24. The largest absolute Gasteiger partial charge is 0.397 e. The Morgan fingerprint density at radius 3 is 2.86 bits per heavy atom. The van der Waals surface area contributed by atoms with E-state index in [1.165, 1.54) is 0 Å². The highest BCUT2D eigenvalue weighted by Crippen LogP contribution is 2.25. The summed E-state index contributed by atoms with van der Waals surface area (Å²) in [6, 6.07) is 5.43. The normalized spacial score (nSPS) is 18.8. The fraction of sp³-hybridized carbons (Fsp3) is 0.500. The van der Waals surface area contributed by atoms with E-state index >= 15 is 0 Å². The minimum absolute atomic E-state index is 0.0653. The number of carbonyl (C=O) groups excluding carboxylic acids is 1. The molecule has 5 nitrogen and oxygen atoms in total. The number of benzene rings is 1. The van der Waals surface area contributed by atoms with Crippen molar-refractivity contribution < 1.29 is 9.53 Å². The molecule has 114 valence electrons. The van der Waals surface area contributed by atoms with Gasteiger partial charge in [-0.05, 0) is 38.0 Å². The summed E-state index contributed by atoms with van der Waals surface area (Å²) in [6.07, 6.45) is 2.51. The summed E-state index contributed by atoms with van der Waals surface area (Å²) in [5.74, 6) is 0.948. The van der Waals surface area contributed by atoms with Crippen LogP contribution in [0.2, 0.25) is 0 Å². The number of ether oxygens (including phenoxy) is 1. The minimum Gasteiger partial charge on any atom is -0.397 e. The highest BCUT2D eigenvalue weighted by atomic mass is 16.5. The zero-order chi connectivity index (χ0) is 15.4. The number of Topliss-reactive ketones (excluding diaryl/α,β-unsaturated/α-hetero) is 1. The van der Waals surface area contributed by atoms with Crippen molar-refractivity contribution in [3.05, 3.63) is 23.8 Å². The number of nitrogens with two attached hydrogens (primary N) is 1. The minimum atomic E-state index is 0.0653. The Labute approximate surface area is 125 Å². The number of amidine groups is 1. The van der Waals surface area contributed by atoms with Crippen LogP contribution in [0.1, 0.15) is 36.5 Å². The van der Waals surface area contributed by atoms with Gasteiger partial charge in [0.05, 0.1) is 23.3 Å². The van der Waals surface area contributed by atoms with E-state index in [0.717, 1.165) is 31.0 Å². The van der Waals surface area contributed by atoms with Gasteiger partial charge in [0.2, 0.25) is 0 Å². The SMILES string of the molecule is CN=C(C)N(C)c1ccc(C(=O)CC2CCCO2)cc1N. The summed E-state index contributed by atoms with van der Waals surface area (Å²) in [5, 5.41) is 0. The van der Waals surface area contributed by atoms with Crippen molar-refractivity contribution in [3.8, 4) is 0 Å². The molecule has 1 unspecified atom stereocenters. The smallest absolute Gasteiger partial charge is 0.165 e. The molecule has 0 aliphatic carbocycles. The molecule has 1 aliphatic heterocycles. The second kappa shape index (κ2) is 6.72. The van der Waals surface area contributed by atoms with Crippen molar-refractivity contribution in [1.29, 1.82) is 0 Å². The number of nitrogens with zero attached hydrogens (tertiary/aromatic N) is 2. The first-order valence-electron chi connectivity index (χ1n) is 7.24. The lowest BCUT2D eigenvalue weighted by molar-refractivity contribution is 0.0775. The molecule has 1 heterocycles. The Bertz CT molecular complexity index is 548. The zero-order valence-corrected chi connectivity index (χ0v) is 12.9. The van der Waals surface area contributed by atoms with Crippen LogP contribution < -0.4 is 10.6 Å². The average Bonchev–Trinajstić information content (AvgIpc) is 2.98. The predicted molar refractivity (Wildman–Crippen MR) is 86.2 cm³/mol. The molecule has 21 heavy (non-hydrogen) atoms. The van der Waals surface area contributed by atoms with E-state index in [1.807, 2.05) is 31.0 Å². The Morgan fingerprint density at radius 1 is 1.52 bits per heavy atom. The van der Waals surface area contributed by atoms with Crippen molar-refractivity contribution in [2.45, 2.75) is 32.3 Å². The molecule has 0 saturated carbocycles. The number of hydrogen-bond acceptors (Lipinski definition) is 4. The Hall–Kier alpha value is -1.88. The van der Waals surface area contributed by atoms with Gasteiger partial charge >= 0.3 is 0 Å². The van der Waals surface area contributed by atoms with E-state index in [2.05, 4.69) is 4.99 Å². The number of rotatable bonds is 4. The fourth-order valence-electron chi connectivity index (χ4n) is 2.49. The van der Waals surface area contributed by atoms with Crippen molar-refractivity contribution in [1.82, 2.24) is 0 Å². The van der Waals surface area contributed by atoms with Gasteiger partial charge < -0.3 is 15.4 Å². The summed E-state index contributed by atoms with van der Waals surface area (Å²) in [4.78, 5) is 18.3. The molecule has 1 atom stereocenters. The van der Waals surface area contributed by atoms with Crippen LogP contribution in [-0.2, 0) is 4.74 Å². The van der Waals surface area contributed by atoms with Gasteiger partial charge in [0.1, 0.15) is 0 Å².